The van der Waals surface area contributed by atoms with Gasteiger partial charge in [0.25, 0.3) is 0 Å². The quantitative estimate of drug-likeness (QED) is 0.852. The van der Waals surface area contributed by atoms with Gasteiger partial charge >= 0.3 is 0 Å². The van der Waals surface area contributed by atoms with Gasteiger partial charge in [0.2, 0.25) is 5.91 Å². The van der Waals surface area contributed by atoms with Gasteiger partial charge in [0, 0.05) is 13.0 Å². The summed E-state index contributed by atoms with van der Waals surface area (Å²) < 4.78 is 13.4. The van der Waals surface area contributed by atoms with E-state index in [1.165, 1.54) is 6.07 Å². The van der Waals surface area contributed by atoms with Gasteiger partial charge in [-0.05, 0) is 49.9 Å². The molecule has 1 amide bonds. The number of carbonyl (C=O) groups excluding carboxylic acids is 1. The maximum atomic E-state index is 13.4. The predicted molar refractivity (Wildman–Crippen MR) is 73.3 cm³/mol. The lowest BCUT2D eigenvalue weighted by molar-refractivity contribution is -0.122. The smallest absolute Gasteiger partial charge is 0.220 e. The van der Waals surface area contributed by atoms with Crippen molar-refractivity contribution in [2.24, 2.45) is 5.92 Å². The third kappa shape index (κ3) is 4.63. The highest BCUT2D eigenvalue weighted by Crippen LogP contribution is 2.13. The number of piperidine rings is 1. The van der Waals surface area contributed by atoms with E-state index in [0.29, 0.717) is 30.9 Å². The van der Waals surface area contributed by atoms with Crippen LogP contribution in [0.1, 0.15) is 24.8 Å². The van der Waals surface area contributed by atoms with Crippen molar-refractivity contribution in [3.8, 4) is 0 Å². The first-order valence-corrected chi connectivity index (χ1v) is 6.96. The summed E-state index contributed by atoms with van der Waals surface area (Å²) in [6.07, 6.45) is 3.38. The fourth-order valence-corrected chi connectivity index (χ4v) is 2.47. The lowest BCUT2D eigenvalue weighted by Gasteiger charge is -2.22. The first-order valence-electron chi connectivity index (χ1n) is 6.96. The molecule has 3 nitrogen and oxygen atoms in total. The van der Waals surface area contributed by atoms with Crippen LogP contribution in [0.5, 0.6) is 0 Å². The van der Waals surface area contributed by atoms with Crippen molar-refractivity contribution in [3.05, 3.63) is 35.6 Å². The Labute approximate surface area is 113 Å². The van der Waals surface area contributed by atoms with Crippen LogP contribution in [-0.2, 0) is 11.2 Å². The second-order valence-electron chi connectivity index (χ2n) is 5.11. The minimum absolute atomic E-state index is 0.0741. The van der Waals surface area contributed by atoms with Crippen LogP contribution >= 0.6 is 0 Å². The molecule has 0 aliphatic carbocycles. The van der Waals surface area contributed by atoms with Crippen LogP contribution in [0.4, 0.5) is 4.39 Å². The minimum atomic E-state index is -0.201. The molecule has 104 valence electrons. The summed E-state index contributed by atoms with van der Waals surface area (Å²) >= 11 is 0. The lowest BCUT2D eigenvalue weighted by Crippen LogP contribution is -2.34. The van der Waals surface area contributed by atoms with Gasteiger partial charge in [0.1, 0.15) is 5.82 Å². The van der Waals surface area contributed by atoms with Gasteiger partial charge in [0.05, 0.1) is 0 Å². The van der Waals surface area contributed by atoms with E-state index in [0.717, 1.165) is 25.9 Å². The average molecular weight is 264 g/mol. The number of rotatable bonds is 5. The normalized spacial score (nSPS) is 19.1. The fraction of sp³-hybridized carbons (Fsp3) is 0.533. The molecule has 1 aliphatic rings. The Hall–Kier alpha value is -1.42. The summed E-state index contributed by atoms with van der Waals surface area (Å²) in [4.78, 5) is 11.8. The van der Waals surface area contributed by atoms with E-state index in [9.17, 15) is 9.18 Å². The molecule has 0 radical (unpaired) electrons. The van der Waals surface area contributed by atoms with Gasteiger partial charge in [-0.3, -0.25) is 4.79 Å². The van der Waals surface area contributed by atoms with E-state index in [-0.39, 0.29) is 11.7 Å². The van der Waals surface area contributed by atoms with Crippen molar-refractivity contribution in [2.75, 3.05) is 19.6 Å². The van der Waals surface area contributed by atoms with Gasteiger partial charge in [0.15, 0.2) is 0 Å². The maximum absolute atomic E-state index is 13.4. The van der Waals surface area contributed by atoms with Crippen LogP contribution in [0.2, 0.25) is 0 Å². The highest BCUT2D eigenvalue weighted by atomic mass is 19.1. The number of carbonyl (C=O) groups is 1. The van der Waals surface area contributed by atoms with E-state index in [4.69, 9.17) is 0 Å². The standard InChI is InChI=1S/C15H21FN2O/c16-14-6-2-1-5-13(14)7-9-18-15(19)10-12-4-3-8-17-11-12/h1-2,5-6,12,17H,3-4,7-11H2,(H,18,19). The van der Waals surface area contributed by atoms with Crippen LogP contribution < -0.4 is 10.6 Å². The summed E-state index contributed by atoms with van der Waals surface area (Å²) in [6.45, 7) is 2.49. The number of benzene rings is 1. The van der Waals surface area contributed by atoms with Crippen LogP contribution in [-0.4, -0.2) is 25.5 Å². The molecule has 19 heavy (non-hydrogen) atoms. The third-order valence-electron chi connectivity index (χ3n) is 3.55. The van der Waals surface area contributed by atoms with Crippen LogP contribution in [0.15, 0.2) is 24.3 Å². The maximum Gasteiger partial charge on any atom is 0.220 e. The molecular formula is C15H21FN2O. The van der Waals surface area contributed by atoms with E-state index < -0.39 is 0 Å². The molecule has 0 saturated carbocycles. The molecule has 1 unspecified atom stereocenters. The Morgan fingerprint density at radius 3 is 3.00 bits per heavy atom. The van der Waals surface area contributed by atoms with Gasteiger partial charge in [-0.1, -0.05) is 18.2 Å². The van der Waals surface area contributed by atoms with Gasteiger partial charge in [-0.2, -0.15) is 0 Å². The van der Waals surface area contributed by atoms with Crippen LogP contribution in [0.25, 0.3) is 0 Å². The molecule has 1 aromatic rings. The van der Waals surface area contributed by atoms with Crippen molar-refractivity contribution < 1.29 is 9.18 Å². The summed E-state index contributed by atoms with van der Waals surface area (Å²) in [5, 5.41) is 6.17. The summed E-state index contributed by atoms with van der Waals surface area (Å²) in [5.74, 6) is 0.320. The Bertz CT molecular complexity index is 416. The Morgan fingerprint density at radius 1 is 1.42 bits per heavy atom. The number of nitrogens with one attached hydrogen (secondary N) is 2. The van der Waals surface area contributed by atoms with E-state index >= 15 is 0 Å². The zero-order valence-corrected chi connectivity index (χ0v) is 11.1. The molecule has 1 saturated heterocycles. The third-order valence-corrected chi connectivity index (χ3v) is 3.55. The Balaban J connectivity index is 1.67. The molecule has 1 aromatic carbocycles. The van der Waals surface area contributed by atoms with Crippen molar-refractivity contribution in [1.29, 1.82) is 0 Å². The Kier molecular flexibility index (Phi) is 5.33. The number of hydrogen-bond donors (Lipinski definition) is 2. The lowest BCUT2D eigenvalue weighted by atomic mass is 9.96. The number of hydrogen-bond acceptors (Lipinski definition) is 2. The molecular weight excluding hydrogens is 243 g/mol. The molecule has 1 fully saturated rings. The molecule has 1 atom stereocenters. The number of amides is 1. The minimum Gasteiger partial charge on any atom is -0.356 e. The van der Waals surface area contributed by atoms with Crippen molar-refractivity contribution in [3.63, 3.8) is 0 Å². The summed E-state index contributed by atoms with van der Waals surface area (Å²) in [6, 6.07) is 6.69. The molecule has 1 aliphatic heterocycles. The molecule has 0 spiro atoms. The summed E-state index contributed by atoms with van der Waals surface area (Å²) in [5.41, 5.74) is 0.655. The zero-order chi connectivity index (χ0) is 13.5. The second-order valence-corrected chi connectivity index (χ2v) is 5.11. The molecule has 0 aromatic heterocycles. The first-order chi connectivity index (χ1) is 9.25. The van der Waals surface area contributed by atoms with Crippen molar-refractivity contribution in [1.82, 2.24) is 10.6 Å². The molecule has 1 heterocycles. The first kappa shape index (κ1) is 14.0. The van der Waals surface area contributed by atoms with E-state index in [2.05, 4.69) is 10.6 Å². The van der Waals surface area contributed by atoms with Crippen molar-refractivity contribution in [2.45, 2.75) is 25.7 Å². The SMILES string of the molecule is O=C(CC1CCCNC1)NCCc1ccccc1F. The fourth-order valence-electron chi connectivity index (χ4n) is 2.47. The van der Waals surface area contributed by atoms with Gasteiger partial charge in [-0.25, -0.2) is 4.39 Å². The van der Waals surface area contributed by atoms with Crippen LogP contribution in [0.3, 0.4) is 0 Å². The molecule has 0 bridgehead atoms. The monoisotopic (exact) mass is 264 g/mol. The average Bonchev–Trinajstić information content (AvgIpc) is 2.42. The number of halogens is 1. The zero-order valence-electron chi connectivity index (χ0n) is 11.1. The molecule has 2 N–H and O–H groups in total. The molecule has 2 rings (SSSR count). The highest BCUT2D eigenvalue weighted by molar-refractivity contribution is 5.76. The summed E-state index contributed by atoms with van der Waals surface area (Å²) in [7, 11) is 0. The van der Waals surface area contributed by atoms with Crippen molar-refractivity contribution >= 4 is 5.91 Å². The Morgan fingerprint density at radius 2 is 2.26 bits per heavy atom. The highest BCUT2D eigenvalue weighted by Gasteiger charge is 2.16. The van der Waals surface area contributed by atoms with Crippen LogP contribution in [0, 0.1) is 11.7 Å². The second kappa shape index (κ2) is 7.24. The predicted octanol–water partition coefficient (Wildman–Crippen LogP) is 1.87. The topological polar surface area (TPSA) is 41.1 Å². The molecule has 4 heteroatoms. The van der Waals surface area contributed by atoms with Gasteiger partial charge < -0.3 is 10.6 Å². The largest absolute Gasteiger partial charge is 0.356 e. The van der Waals surface area contributed by atoms with Gasteiger partial charge in [-0.15, -0.1) is 0 Å². The van der Waals surface area contributed by atoms with E-state index in [1.54, 1.807) is 12.1 Å². The van der Waals surface area contributed by atoms with E-state index in [1.807, 2.05) is 6.07 Å².